The third-order valence-corrected chi connectivity index (χ3v) is 2.12. The van der Waals surface area contributed by atoms with E-state index in [9.17, 15) is 0 Å². The van der Waals surface area contributed by atoms with Gasteiger partial charge in [-0.15, -0.1) is 0 Å². The van der Waals surface area contributed by atoms with Crippen molar-refractivity contribution in [2.45, 2.75) is 19.4 Å². The van der Waals surface area contributed by atoms with Crippen molar-refractivity contribution in [3.8, 4) is 0 Å². The third-order valence-electron chi connectivity index (χ3n) is 1.71. The Hall–Kier alpha value is -1.22. The standard InChI is InChI=1S/C10H13ClN2O2S.CH3NOS/c1-10(2,6-14)15-9(16)13-8-4-3-7(11)5-12-8;2-1(3)4/h3-5,14H,6H2,1-2H3,(H,12,13,16);(H3,2,3,4). The third kappa shape index (κ3) is 9.68. The summed E-state index contributed by atoms with van der Waals surface area (Å²) in [7, 11) is 0. The molecule has 0 unspecified atom stereocenters. The molecule has 6 nitrogen and oxygen atoms in total. The summed E-state index contributed by atoms with van der Waals surface area (Å²) in [5.41, 5.74) is 3.69. The molecule has 1 rings (SSSR count). The van der Waals surface area contributed by atoms with Crippen molar-refractivity contribution in [3.05, 3.63) is 23.4 Å². The molecule has 112 valence electrons. The van der Waals surface area contributed by atoms with Gasteiger partial charge in [0, 0.05) is 6.20 Å². The van der Waals surface area contributed by atoms with E-state index in [4.69, 9.17) is 38.8 Å². The van der Waals surface area contributed by atoms with E-state index in [-0.39, 0.29) is 11.8 Å². The van der Waals surface area contributed by atoms with Gasteiger partial charge in [-0.1, -0.05) is 11.6 Å². The van der Waals surface area contributed by atoms with Crippen LogP contribution in [0.4, 0.5) is 5.82 Å². The van der Waals surface area contributed by atoms with Gasteiger partial charge in [0.1, 0.15) is 11.4 Å². The molecule has 0 saturated heterocycles. The van der Waals surface area contributed by atoms with Crippen LogP contribution in [-0.2, 0) is 4.74 Å². The van der Waals surface area contributed by atoms with Gasteiger partial charge < -0.3 is 26.0 Å². The summed E-state index contributed by atoms with van der Waals surface area (Å²) in [5.74, 6) is 0.545. The Labute approximate surface area is 132 Å². The number of ether oxygens (including phenoxy) is 1. The number of rotatable bonds is 3. The molecule has 0 bridgehead atoms. The fraction of sp³-hybridized carbons (Fsp3) is 0.364. The first-order chi connectivity index (χ1) is 9.16. The van der Waals surface area contributed by atoms with E-state index in [0.717, 1.165) is 0 Å². The summed E-state index contributed by atoms with van der Waals surface area (Å²) in [6.07, 6.45) is 1.50. The molecule has 1 aromatic rings. The highest BCUT2D eigenvalue weighted by Crippen LogP contribution is 2.12. The second-order valence-electron chi connectivity index (χ2n) is 4.13. The fourth-order valence-electron chi connectivity index (χ4n) is 0.863. The van der Waals surface area contributed by atoms with Gasteiger partial charge in [0.05, 0.1) is 11.6 Å². The van der Waals surface area contributed by atoms with Crippen molar-refractivity contribution in [3.63, 3.8) is 0 Å². The monoisotopic (exact) mass is 337 g/mol. The Morgan fingerprint density at radius 2 is 2.05 bits per heavy atom. The Morgan fingerprint density at radius 1 is 1.50 bits per heavy atom. The van der Waals surface area contributed by atoms with Crippen LogP contribution in [0.2, 0.25) is 5.02 Å². The molecule has 0 atom stereocenters. The van der Waals surface area contributed by atoms with Crippen LogP contribution in [0.3, 0.4) is 0 Å². The SMILES string of the molecule is CC(C)(CO)OC(=S)Nc1ccc(Cl)cn1.NC(O)=S. The van der Waals surface area contributed by atoms with Crippen molar-refractivity contribution >= 4 is 52.2 Å². The summed E-state index contributed by atoms with van der Waals surface area (Å²) in [5, 5.41) is 19.6. The number of halogens is 1. The molecule has 5 N–H and O–H groups in total. The van der Waals surface area contributed by atoms with Crippen LogP contribution in [0.5, 0.6) is 0 Å². The summed E-state index contributed by atoms with van der Waals surface area (Å²) < 4.78 is 5.32. The van der Waals surface area contributed by atoms with Crippen LogP contribution < -0.4 is 11.1 Å². The second kappa shape index (κ2) is 8.85. The molecule has 0 fully saturated rings. The van der Waals surface area contributed by atoms with Crippen LogP contribution >= 0.6 is 36.0 Å². The first-order valence-corrected chi connectivity index (χ1v) is 6.56. The normalized spacial score (nSPS) is 10.0. The summed E-state index contributed by atoms with van der Waals surface area (Å²) in [4.78, 5) is 4.00. The number of nitrogens with one attached hydrogen (secondary N) is 1. The number of nitrogens with zero attached hydrogens (tertiary/aromatic N) is 1. The van der Waals surface area contributed by atoms with Crippen molar-refractivity contribution in [1.82, 2.24) is 4.98 Å². The zero-order valence-corrected chi connectivity index (χ0v) is 13.3. The molecule has 0 aliphatic rings. The molecule has 0 spiro atoms. The molecular formula is C11H16ClN3O3S2. The number of thiocarbonyl (C=S) groups is 2. The number of nitrogens with two attached hydrogens (primary N) is 1. The maximum atomic E-state index is 9.00. The Bertz CT molecular complexity index is 451. The quantitative estimate of drug-likeness (QED) is 0.621. The van der Waals surface area contributed by atoms with Crippen LogP contribution in [-0.4, -0.2) is 37.8 Å². The highest BCUT2D eigenvalue weighted by Gasteiger charge is 2.19. The van der Waals surface area contributed by atoms with Crippen molar-refractivity contribution in [2.24, 2.45) is 5.73 Å². The largest absolute Gasteiger partial charge is 0.487 e. The van der Waals surface area contributed by atoms with Crippen LogP contribution in [0, 0.1) is 0 Å². The van der Waals surface area contributed by atoms with Gasteiger partial charge in [-0.25, -0.2) is 4.98 Å². The predicted molar refractivity (Wildman–Crippen MR) is 87.1 cm³/mol. The van der Waals surface area contributed by atoms with Crippen LogP contribution in [0.15, 0.2) is 18.3 Å². The van der Waals surface area contributed by atoms with Gasteiger partial charge in [0.15, 0.2) is 0 Å². The number of aliphatic hydroxyl groups is 2. The minimum absolute atomic E-state index is 0.122. The second-order valence-corrected chi connectivity index (χ2v) is 5.36. The zero-order chi connectivity index (χ0) is 15.8. The Kier molecular flexibility index (Phi) is 8.31. The van der Waals surface area contributed by atoms with Crippen molar-refractivity contribution < 1.29 is 14.9 Å². The summed E-state index contributed by atoms with van der Waals surface area (Å²) in [6.45, 7) is 3.34. The van der Waals surface area contributed by atoms with Crippen LogP contribution in [0.1, 0.15) is 13.8 Å². The van der Waals surface area contributed by atoms with E-state index in [1.54, 1.807) is 26.0 Å². The highest BCUT2D eigenvalue weighted by atomic mass is 35.5. The average Bonchev–Trinajstić information content (AvgIpc) is 2.31. The topological polar surface area (TPSA) is 101 Å². The van der Waals surface area contributed by atoms with Gasteiger partial charge in [-0.05, 0) is 50.4 Å². The minimum Gasteiger partial charge on any atom is -0.487 e. The number of hydrogen-bond acceptors (Lipinski definition) is 5. The first-order valence-electron chi connectivity index (χ1n) is 5.37. The molecule has 0 aliphatic carbocycles. The van der Waals surface area contributed by atoms with Crippen molar-refractivity contribution in [2.75, 3.05) is 11.9 Å². The molecule has 0 aromatic carbocycles. The number of aromatic nitrogens is 1. The first kappa shape index (κ1) is 18.8. The molecule has 0 radical (unpaired) electrons. The predicted octanol–water partition coefficient (Wildman–Crippen LogP) is 2.01. The zero-order valence-electron chi connectivity index (χ0n) is 11.0. The number of hydrogen-bond donors (Lipinski definition) is 4. The summed E-state index contributed by atoms with van der Waals surface area (Å²) >= 11 is 14.5. The molecule has 1 heterocycles. The average molecular weight is 338 g/mol. The van der Waals surface area contributed by atoms with E-state index >= 15 is 0 Å². The fourth-order valence-corrected chi connectivity index (χ4v) is 1.31. The maximum absolute atomic E-state index is 9.00. The van der Waals surface area contributed by atoms with Gasteiger partial charge in [0.2, 0.25) is 0 Å². The van der Waals surface area contributed by atoms with Gasteiger partial charge in [0.25, 0.3) is 10.3 Å². The van der Waals surface area contributed by atoms with Gasteiger partial charge in [-0.2, -0.15) is 0 Å². The lowest BCUT2D eigenvalue weighted by atomic mass is 10.2. The van der Waals surface area contributed by atoms with Crippen LogP contribution in [0.25, 0.3) is 0 Å². The Balaban J connectivity index is 0.000000796. The maximum Gasteiger partial charge on any atom is 0.262 e. The molecule has 9 heteroatoms. The van der Waals surface area contributed by atoms with E-state index in [1.807, 2.05) is 0 Å². The smallest absolute Gasteiger partial charge is 0.262 e. The Morgan fingerprint density at radius 3 is 2.45 bits per heavy atom. The molecule has 0 amide bonds. The highest BCUT2D eigenvalue weighted by molar-refractivity contribution is 7.80. The lowest BCUT2D eigenvalue weighted by molar-refractivity contribution is 0.0335. The molecule has 0 aliphatic heterocycles. The lowest BCUT2D eigenvalue weighted by Crippen LogP contribution is -2.34. The molecular weight excluding hydrogens is 322 g/mol. The number of aliphatic hydroxyl groups excluding tert-OH is 2. The van der Waals surface area contributed by atoms with Gasteiger partial charge >= 0.3 is 0 Å². The molecule has 0 saturated carbocycles. The van der Waals surface area contributed by atoms with Crippen molar-refractivity contribution in [1.29, 1.82) is 0 Å². The van der Waals surface area contributed by atoms with E-state index in [1.165, 1.54) is 6.20 Å². The molecule has 20 heavy (non-hydrogen) atoms. The minimum atomic E-state index is -0.712. The number of pyridine rings is 1. The summed E-state index contributed by atoms with van der Waals surface area (Å²) in [6, 6.07) is 3.38. The lowest BCUT2D eigenvalue weighted by Gasteiger charge is -2.24. The number of anilines is 1. The van der Waals surface area contributed by atoms with E-state index in [0.29, 0.717) is 10.8 Å². The van der Waals surface area contributed by atoms with Gasteiger partial charge in [-0.3, -0.25) is 0 Å². The van der Waals surface area contributed by atoms with E-state index in [2.05, 4.69) is 28.3 Å². The molecule has 1 aromatic heterocycles. The van der Waals surface area contributed by atoms with E-state index < -0.39 is 10.8 Å².